The van der Waals surface area contributed by atoms with Crippen LogP contribution in [0.15, 0.2) is 35.7 Å². The number of nitrogen functional groups attached to an aromatic ring is 1. The molecule has 0 radical (unpaired) electrons. The molecule has 0 saturated carbocycles. The minimum Gasteiger partial charge on any atom is -0.462 e. The normalized spacial score (nSPS) is 10.5. The predicted octanol–water partition coefficient (Wildman–Crippen LogP) is 1.96. The molecule has 0 bridgehead atoms. The molecule has 120 valence electrons. The highest BCUT2D eigenvalue weighted by Crippen LogP contribution is 2.21. The molecule has 8 heteroatoms. The van der Waals surface area contributed by atoms with Crippen molar-refractivity contribution in [2.24, 2.45) is 5.16 Å². The van der Waals surface area contributed by atoms with Gasteiger partial charge in [-0.2, -0.15) is 0 Å². The summed E-state index contributed by atoms with van der Waals surface area (Å²) in [4.78, 5) is 24.5. The third-order valence-electron chi connectivity index (χ3n) is 2.84. The van der Waals surface area contributed by atoms with Gasteiger partial charge in [0.25, 0.3) is 0 Å². The summed E-state index contributed by atoms with van der Waals surface area (Å²) in [5.41, 5.74) is 7.39. The maximum Gasteiger partial charge on any atom is 0.338 e. The Labute approximate surface area is 133 Å². The lowest BCUT2D eigenvalue weighted by atomic mass is 10.2. The van der Waals surface area contributed by atoms with Gasteiger partial charge in [-0.15, -0.1) is 0 Å². The van der Waals surface area contributed by atoms with Crippen LogP contribution in [0.3, 0.4) is 0 Å². The van der Waals surface area contributed by atoms with E-state index in [1.807, 2.05) is 0 Å². The van der Waals surface area contributed by atoms with Gasteiger partial charge >= 0.3 is 5.97 Å². The van der Waals surface area contributed by atoms with Crippen LogP contribution in [0.5, 0.6) is 0 Å². The summed E-state index contributed by atoms with van der Waals surface area (Å²) in [6.07, 6.45) is 2.74. The summed E-state index contributed by atoms with van der Waals surface area (Å²) < 4.78 is 4.98. The van der Waals surface area contributed by atoms with Gasteiger partial charge in [-0.1, -0.05) is 11.2 Å². The smallest absolute Gasteiger partial charge is 0.338 e. The second-order valence-corrected chi connectivity index (χ2v) is 4.36. The Balaban J connectivity index is 2.29. The minimum absolute atomic E-state index is 0.254. The zero-order chi connectivity index (χ0) is 16.7. The summed E-state index contributed by atoms with van der Waals surface area (Å²) in [7, 11) is 1.42. The van der Waals surface area contributed by atoms with E-state index in [0.29, 0.717) is 29.2 Å². The molecule has 0 saturated heterocycles. The number of nitrogens with zero attached hydrogens (tertiary/aromatic N) is 3. The number of ether oxygens (including phenoxy) is 1. The van der Waals surface area contributed by atoms with Crippen LogP contribution in [0.25, 0.3) is 0 Å². The van der Waals surface area contributed by atoms with Crippen molar-refractivity contribution in [2.45, 2.75) is 6.92 Å². The van der Waals surface area contributed by atoms with E-state index in [1.54, 1.807) is 31.2 Å². The SMILES string of the molecule is CCOC(=O)c1cccc(Nc2ncnc(N)c2C=NOC)c1. The van der Waals surface area contributed by atoms with Gasteiger partial charge in [0.05, 0.1) is 23.9 Å². The maximum atomic E-state index is 11.8. The number of nitrogens with two attached hydrogens (primary N) is 1. The highest BCUT2D eigenvalue weighted by molar-refractivity contribution is 5.93. The van der Waals surface area contributed by atoms with Gasteiger partial charge in [-0.25, -0.2) is 14.8 Å². The molecule has 8 nitrogen and oxygen atoms in total. The molecular formula is C15H17N5O3. The van der Waals surface area contributed by atoms with Gasteiger partial charge in [0.15, 0.2) is 0 Å². The number of hydrogen-bond acceptors (Lipinski definition) is 8. The van der Waals surface area contributed by atoms with E-state index < -0.39 is 0 Å². The number of anilines is 3. The molecule has 0 unspecified atom stereocenters. The topological polar surface area (TPSA) is 112 Å². The highest BCUT2D eigenvalue weighted by atomic mass is 16.6. The zero-order valence-electron chi connectivity index (χ0n) is 12.8. The largest absolute Gasteiger partial charge is 0.462 e. The fraction of sp³-hybridized carbons (Fsp3) is 0.200. The molecule has 2 aromatic rings. The van der Waals surface area contributed by atoms with Gasteiger partial charge in [0.1, 0.15) is 25.1 Å². The molecule has 2 rings (SSSR count). The minimum atomic E-state index is -0.389. The molecule has 3 N–H and O–H groups in total. The first-order valence-electron chi connectivity index (χ1n) is 6.87. The summed E-state index contributed by atoms with van der Waals surface area (Å²) in [6, 6.07) is 6.86. The van der Waals surface area contributed by atoms with Gasteiger partial charge in [-0.05, 0) is 25.1 Å². The van der Waals surface area contributed by atoms with Crippen molar-refractivity contribution in [3.63, 3.8) is 0 Å². The Bertz CT molecular complexity index is 718. The number of hydrogen-bond donors (Lipinski definition) is 2. The van der Waals surface area contributed by atoms with Crippen molar-refractivity contribution in [1.82, 2.24) is 9.97 Å². The van der Waals surface area contributed by atoms with Gasteiger partial charge in [0, 0.05) is 5.69 Å². The molecular weight excluding hydrogens is 298 g/mol. The number of carbonyl (C=O) groups excluding carboxylic acids is 1. The summed E-state index contributed by atoms with van der Waals surface area (Å²) in [6.45, 7) is 2.07. The first-order chi connectivity index (χ1) is 11.2. The van der Waals surface area contributed by atoms with Crippen molar-refractivity contribution >= 4 is 29.5 Å². The molecule has 1 heterocycles. The summed E-state index contributed by atoms with van der Waals surface area (Å²) in [5, 5.41) is 6.75. The van der Waals surface area contributed by atoms with E-state index in [9.17, 15) is 4.79 Å². The van der Waals surface area contributed by atoms with E-state index in [-0.39, 0.29) is 11.8 Å². The molecule has 1 aromatic carbocycles. The number of esters is 1. The number of nitrogens with one attached hydrogen (secondary N) is 1. The molecule has 0 aliphatic heterocycles. The number of rotatable bonds is 6. The quantitative estimate of drug-likeness (QED) is 0.476. The third kappa shape index (κ3) is 4.16. The molecule has 23 heavy (non-hydrogen) atoms. The molecule has 0 amide bonds. The molecule has 0 fully saturated rings. The van der Waals surface area contributed by atoms with Crippen molar-refractivity contribution < 1.29 is 14.4 Å². The molecule has 0 atom stereocenters. The second kappa shape index (κ2) is 7.74. The fourth-order valence-corrected chi connectivity index (χ4v) is 1.82. The average Bonchev–Trinajstić information content (AvgIpc) is 2.55. The Kier molecular flexibility index (Phi) is 5.45. The monoisotopic (exact) mass is 315 g/mol. The van der Waals surface area contributed by atoms with E-state index in [2.05, 4.69) is 25.3 Å². The van der Waals surface area contributed by atoms with Crippen LogP contribution in [-0.2, 0) is 9.57 Å². The van der Waals surface area contributed by atoms with E-state index in [0.717, 1.165) is 0 Å². The average molecular weight is 315 g/mol. The van der Waals surface area contributed by atoms with Gasteiger partial charge < -0.3 is 20.6 Å². The number of aromatic nitrogens is 2. The van der Waals surface area contributed by atoms with Crippen LogP contribution < -0.4 is 11.1 Å². The maximum absolute atomic E-state index is 11.8. The lowest BCUT2D eigenvalue weighted by molar-refractivity contribution is 0.0526. The molecule has 0 aliphatic carbocycles. The number of oxime groups is 1. The highest BCUT2D eigenvalue weighted by Gasteiger charge is 2.10. The standard InChI is InChI=1S/C15H17N5O3/c1-3-23-15(21)10-5-4-6-11(7-10)20-14-12(8-19-22-2)13(16)17-9-18-14/h4-9H,3H2,1-2H3,(H3,16,17,18,20). The van der Waals surface area contributed by atoms with E-state index in [4.69, 9.17) is 10.5 Å². The Hall–Kier alpha value is -3.16. The van der Waals surface area contributed by atoms with Crippen molar-refractivity contribution in [2.75, 3.05) is 24.8 Å². The van der Waals surface area contributed by atoms with Crippen LogP contribution >= 0.6 is 0 Å². The molecule has 0 spiro atoms. The van der Waals surface area contributed by atoms with E-state index >= 15 is 0 Å². The zero-order valence-corrected chi connectivity index (χ0v) is 12.8. The Morgan fingerprint density at radius 2 is 2.26 bits per heavy atom. The van der Waals surface area contributed by atoms with Crippen LogP contribution in [0.2, 0.25) is 0 Å². The van der Waals surface area contributed by atoms with Crippen LogP contribution in [-0.4, -0.2) is 35.9 Å². The first kappa shape index (κ1) is 16.2. The summed E-state index contributed by atoms with van der Waals surface area (Å²) >= 11 is 0. The van der Waals surface area contributed by atoms with Crippen LogP contribution in [0.1, 0.15) is 22.8 Å². The Morgan fingerprint density at radius 1 is 1.43 bits per heavy atom. The van der Waals surface area contributed by atoms with Crippen molar-refractivity contribution in [3.8, 4) is 0 Å². The first-order valence-corrected chi connectivity index (χ1v) is 6.87. The van der Waals surface area contributed by atoms with Gasteiger partial charge in [0.2, 0.25) is 0 Å². The fourth-order valence-electron chi connectivity index (χ4n) is 1.82. The van der Waals surface area contributed by atoms with Crippen molar-refractivity contribution in [1.29, 1.82) is 0 Å². The number of carbonyl (C=O) groups is 1. The van der Waals surface area contributed by atoms with E-state index in [1.165, 1.54) is 19.7 Å². The molecule has 0 aliphatic rings. The lowest BCUT2D eigenvalue weighted by Gasteiger charge is -2.10. The third-order valence-corrected chi connectivity index (χ3v) is 2.84. The van der Waals surface area contributed by atoms with Crippen LogP contribution in [0.4, 0.5) is 17.3 Å². The summed E-state index contributed by atoms with van der Waals surface area (Å²) in [5.74, 6) is 0.309. The van der Waals surface area contributed by atoms with Crippen LogP contribution in [0, 0.1) is 0 Å². The predicted molar refractivity (Wildman–Crippen MR) is 86.7 cm³/mol. The van der Waals surface area contributed by atoms with Crippen molar-refractivity contribution in [3.05, 3.63) is 41.7 Å². The molecule has 1 aromatic heterocycles. The lowest BCUT2D eigenvalue weighted by Crippen LogP contribution is -2.07. The number of benzene rings is 1. The second-order valence-electron chi connectivity index (χ2n) is 4.36. The Morgan fingerprint density at radius 3 is 3.00 bits per heavy atom. The van der Waals surface area contributed by atoms with Gasteiger partial charge in [-0.3, -0.25) is 0 Å².